The quantitative estimate of drug-likeness (QED) is 0.441. The van der Waals surface area contributed by atoms with Crippen LogP contribution in [-0.4, -0.2) is 16.0 Å². The van der Waals surface area contributed by atoms with E-state index in [2.05, 4.69) is 21.7 Å². The lowest BCUT2D eigenvalue weighted by Gasteiger charge is -2.10. The highest BCUT2D eigenvalue weighted by Crippen LogP contribution is 2.24. The molecule has 4 nitrogen and oxygen atoms in total. The highest BCUT2D eigenvalue weighted by Gasteiger charge is 2.08. The normalized spacial score (nSPS) is 10.7. The van der Waals surface area contributed by atoms with Gasteiger partial charge in [-0.2, -0.15) is 0 Å². The van der Waals surface area contributed by atoms with Gasteiger partial charge in [0.15, 0.2) is 5.11 Å². The van der Waals surface area contributed by atoms with Gasteiger partial charge in [-0.3, -0.25) is 10.1 Å². The summed E-state index contributed by atoms with van der Waals surface area (Å²) >= 11 is 6.98. The van der Waals surface area contributed by atoms with Crippen molar-refractivity contribution >= 4 is 50.5 Å². The van der Waals surface area contributed by atoms with Crippen LogP contribution in [0, 0.1) is 6.92 Å². The lowest BCUT2D eigenvalue weighted by Crippen LogP contribution is -2.34. The first-order valence-corrected chi connectivity index (χ1v) is 10.4. The maximum Gasteiger partial charge on any atom is 0.257 e. The third-order valence-electron chi connectivity index (χ3n) is 4.45. The van der Waals surface area contributed by atoms with E-state index in [1.54, 1.807) is 23.5 Å². The molecule has 4 rings (SSSR count). The number of thiazole rings is 1. The molecule has 0 aliphatic rings. The number of nitrogens with zero attached hydrogens (tertiary/aromatic N) is 1. The van der Waals surface area contributed by atoms with E-state index in [9.17, 15) is 4.79 Å². The number of hydrogen-bond donors (Lipinski definition) is 2. The Labute approximate surface area is 178 Å². The van der Waals surface area contributed by atoms with Gasteiger partial charge in [-0.05, 0) is 61.1 Å². The summed E-state index contributed by atoms with van der Waals surface area (Å²) < 4.78 is 1.20. The number of fused-ring (bicyclic) bond motifs is 1. The van der Waals surface area contributed by atoms with Gasteiger partial charge in [0, 0.05) is 17.7 Å². The van der Waals surface area contributed by atoms with Crippen LogP contribution in [0.3, 0.4) is 0 Å². The molecule has 3 aromatic carbocycles. The highest BCUT2D eigenvalue weighted by molar-refractivity contribution is 7.80. The standard InChI is InChI=1S/C23H19N3OS2/c1-15-6-10-17(11-7-15)22(27)26-23(28)24-18-12-8-16(9-13-18)14-21-25-19-4-2-3-5-20(19)29-21/h2-13H,14H2,1H3,(H2,24,26,27,28). The lowest BCUT2D eigenvalue weighted by molar-refractivity contribution is 0.0977. The smallest absolute Gasteiger partial charge is 0.257 e. The Kier molecular flexibility index (Phi) is 5.64. The fraction of sp³-hybridized carbons (Fsp3) is 0.0870. The highest BCUT2D eigenvalue weighted by atomic mass is 32.1. The third kappa shape index (κ3) is 4.85. The predicted octanol–water partition coefficient (Wildman–Crippen LogP) is 5.32. The Hall–Kier alpha value is -3.09. The van der Waals surface area contributed by atoms with Crippen molar-refractivity contribution in [2.45, 2.75) is 13.3 Å². The molecule has 0 fully saturated rings. The SMILES string of the molecule is Cc1ccc(C(=O)NC(=S)Nc2ccc(Cc3nc4ccccc4s3)cc2)cc1. The van der Waals surface area contributed by atoms with E-state index in [1.807, 2.05) is 61.5 Å². The van der Waals surface area contributed by atoms with E-state index in [4.69, 9.17) is 12.2 Å². The molecule has 6 heteroatoms. The number of carbonyl (C=O) groups excluding carboxylic acids is 1. The van der Waals surface area contributed by atoms with Gasteiger partial charge in [-0.25, -0.2) is 4.98 Å². The fourth-order valence-corrected chi connectivity index (χ4v) is 4.13. The van der Waals surface area contributed by atoms with Gasteiger partial charge in [0.1, 0.15) is 0 Å². The molecule has 2 N–H and O–H groups in total. The Balaban J connectivity index is 1.35. The van der Waals surface area contributed by atoms with E-state index in [0.29, 0.717) is 5.56 Å². The maximum atomic E-state index is 12.2. The van der Waals surface area contributed by atoms with Crippen molar-refractivity contribution in [2.75, 3.05) is 5.32 Å². The number of thiocarbonyl (C=S) groups is 1. The molecule has 4 aromatic rings. The van der Waals surface area contributed by atoms with Crippen LogP contribution in [0.25, 0.3) is 10.2 Å². The Morgan fingerprint density at radius 1 is 1.00 bits per heavy atom. The molecule has 29 heavy (non-hydrogen) atoms. The molecule has 1 amide bonds. The Morgan fingerprint density at radius 2 is 1.72 bits per heavy atom. The molecular formula is C23H19N3OS2. The van der Waals surface area contributed by atoms with Crippen LogP contribution in [0.5, 0.6) is 0 Å². The summed E-state index contributed by atoms with van der Waals surface area (Å²) in [6.45, 7) is 1.98. The van der Waals surface area contributed by atoms with Gasteiger partial charge < -0.3 is 5.32 Å². The summed E-state index contributed by atoms with van der Waals surface area (Å²) in [7, 11) is 0. The van der Waals surface area contributed by atoms with Crippen molar-refractivity contribution in [3.05, 3.63) is 94.5 Å². The van der Waals surface area contributed by atoms with E-state index in [-0.39, 0.29) is 11.0 Å². The molecule has 0 bridgehead atoms. The van der Waals surface area contributed by atoms with Crippen LogP contribution in [0.15, 0.2) is 72.8 Å². The molecule has 0 spiro atoms. The van der Waals surface area contributed by atoms with Crippen molar-refractivity contribution in [1.29, 1.82) is 0 Å². The van der Waals surface area contributed by atoms with Crippen LogP contribution in [-0.2, 0) is 6.42 Å². The predicted molar refractivity (Wildman–Crippen MR) is 124 cm³/mol. The minimum absolute atomic E-state index is 0.227. The van der Waals surface area contributed by atoms with E-state index in [0.717, 1.165) is 28.2 Å². The second-order valence-corrected chi connectivity index (χ2v) is 8.25. The largest absolute Gasteiger partial charge is 0.332 e. The first-order chi connectivity index (χ1) is 14.1. The summed E-state index contributed by atoms with van der Waals surface area (Å²) in [4.78, 5) is 16.9. The van der Waals surface area contributed by atoms with Crippen molar-refractivity contribution in [1.82, 2.24) is 10.3 Å². The molecule has 1 aromatic heterocycles. The fourth-order valence-electron chi connectivity index (χ4n) is 2.92. The van der Waals surface area contributed by atoms with Crippen molar-refractivity contribution in [3.63, 3.8) is 0 Å². The van der Waals surface area contributed by atoms with Crippen LogP contribution in [0.4, 0.5) is 5.69 Å². The van der Waals surface area contributed by atoms with Gasteiger partial charge >= 0.3 is 0 Å². The molecule has 144 valence electrons. The average molecular weight is 418 g/mol. The number of nitrogens with one attached hydrogen (secondary N) is 2. The second-order valence-electron chi connectivity index (χ2n) is 6.72. The van der Waals surface area contributed by atoms with Gasteiger partial charge in [0.2, 0.25) is 0 Å². The van der Waals surface area contributed by atoms with Crippen molar-refractivity contribution in [2.24, 2.45) is 0 Å². The van der Waals surface area contributed by atoms with Gasteiger partial charge in [0.25, 0.3) is 5.91 Å². The topological polar surface area (TPSA) is 54.0 Å². The van der Waals surface area contributed by atoms with E-state index < -0.39 is 0 Å². The van der Waals surface area contributed by atoms with Crippen molar-refractivity contribution in [3.8, 4) is 0 Å². The monoisotopic (exact) mass is 417 g/mol. The summed E-state index contributed by atoms with van der Waals surface area (Å²) in [5.74, 6) is -0.227. The molecule has 0 saturated carbocycles. The third-order valence-corrected chi connectivity index (χ3v) is 5.69. The number of amides is 1. The maximum absolute atomic E-state index is 12.2. The number of hydrogen-bond acceptors (Lipinski definition) is 4. The minimum Gasteiger partial charge on any atom is -0.332 e. The average Bonchev–Trinajstić information content (AvgIpc) is 3.12. The molecule has 0 radical (unpaired) electrons. The first kappa shape index (κ1) is 19.2. The summed E-state index contributed by atoms with van der Waals surface area (Å²) in [6, 6.07) is 23.5. The van der Waals surface area contributed by atoms with E-state index >= 15 is 0 Å². The second kappa shape index (κ2) is 8.51. The molecule has 0 saturated heterocycles. The molecule has 1 heterocycles. The number of carbonyl (C=O) groups is 1. The summed E-state index contributed by atoms with van der Waals surface area (Å²) in [5, 5.41) is 7.12. The van der Waals surface area contributed by atoms with Crippen LogP contribution in [0.2, 0.25) is 0 Å². The molecule has 0 aliphatic heterocycles. The zero-order chi connectivity index (χ0) is 20.2. The van der Waals surface area contributed by atoms with Gasteiger partial charge in [-0.1, -0.05) is 42.0 Å². The minimum atomic E-state index is -0.227. The number of para-hydroxylation sites is 1. The van der Waals surface area contributed by atoms with Crippen LogP contribution < -0.4 is 10.6 Å². The summed E-state index contributed by atoms with van der Waals surface area (Å²) in [5.41, 5.74) is 4.72. The van der Waals surface area contributed by atoms with E-state index in [1.165, 1.54) is 10.3 Å². The van der Waals surface area contributed by atoms with Gasteiger partial charge in [0.05, 0.1) is 15.2 Å². The Morgan fingerprint density at radius 3 is 2.45 bits per heavy atom. The molecule has 0 unspecified atom stereocenters. The number of benzene rings is 3. The van der Waals surface area contributed by atoms with Crippen LogP contribution in [0.1, 0.15) is 26.5 Å². The Bertz CT molecular complexity index is 1130. The number of aryl methyl sites for hydroxylation is 1. The van der Waals surface area contributed by atoms with Crippen molar-refractivity contribution < 1.29 is 4.79 Å². The summed E-state index contributed by atoms with van der Waals surface area (Å²) in [6.07, 6.45) is 0.786. The molecule has 0 atom stereocenters. The molecular weight excluding hydrogens is 398 g/mol. The van der Waals surface area contributed by atoms with Crippen LogP contribution >= 0.6 is 23.6 Å². The lowest BCUT2D eigenvalue weighted by atomic mass is 10.1. The zero-order valence-electron chi connectivity index (χ0n) is 15.8. The number of rotatable bonds is 4. The zero-order valence-corrected chi connectivity index (χ0v) is 17.4. The number of aromatic nitrogens is 1. The van der Waals surface area contributed by atoms with Gasteiger partial charge in [-0.15, -0.1) is 11.3 Å². The molecule has 0 aliphatic carbocycles. The number of anilines is 1. The first-order valence-electron chi connectivity index (χ1n) is 9.19.